The fourth-order valence-corrected chi connectivity index (χ4v) is 0.655. The summed E-state index contributed by atoms with van der Waals surface area (Å²) in [6, 6.07) is 0. The molecule has 1 aliphatic heterocycles. The van der Waals surface area contributed by atoms with Crippen LogP contribution >= 0.6 is 7.75 Å². The maximum atomic E-state index is 9.10. The summed E-state index contributed by atoms with van der Waals surface area (Å²) in [4.78, 5) is 17.1. The number of nitrogens with two attached hydrogens (primary N) is 1. The van der Waals surface area contributed by atoms with Crippen molar-refractivity contribution in [3.8, 4) is 0 Å². The molecule has 0 aliphatic carbocycles. The summed E-state index contributed by atoms with van der Waals surface area (Å²) in [5.41, 5.74) is 4.02. The van der Waals surface area contributed by atoms with Crippen molar-refractivity contribution < 1.29 is 19.1 Å². The number of hydrogen-bond acceptors (Lipinski definition) is 3. The summed E-state index contributed by atoms with van der Waals surface area (Å²) in [6.45, 7) is 4.02. The highest BCUT2D eigenvalue weighted by Gasteiger charge is 2.02. The van der Waals surface area contributed by atoms with Crippen molar-refractivity contribution in [3.05, 3.63) is 0 Å². The Morgan fingerprint density at radius 1 is 1.42 bits per heavy atom. The third-order valence-electron chi connectivity index (χ3n) is 1.23. The average molecular weight is 196 g/mol. The van der Waals surface area contributed by atoms with Crippen molar-refractivity contribution in [2.75, 3.05) is 26.3 Å². The Kier molecular flexibility index (Phi) is 5.74. The molecule has 6 nitrogen and oxygen atoms in total. The van der Waals surface area contributed by atoms with Crippen molar-refractivity contribution in [3.63, 3.8) is 0 Å². The maximum Gasteiger partial charge on any atom is 0.397 e. The topological polar surface area (TPSA) is 96.0 Å². The van der Waals surface area contributed by atoms with Gasteiger partial charge in [0.2, 0.25) is 0 Å². The van der Waals surface area contributed by atoms with E-state index in [2.05, 4.69) is 18.3 Å². The summed E-state index contributed by atoms with van der Waals surface area (Å²) in [6.07, 6.45) is 0. The van der Waals surface area contributed by atoms with Crippen LogP contribution < -0.4 is 5.50 Å². The summed E-state index contributed by atoms with van der Waals surface area (Å²) in [7, 11) is -2.03. The van der Waals surface area contributed by atoms with Crippen LogP contribution in [0.25, 0.3) is 0 Å². The molecule has 0 atom stereocenters. The van der Waals surface area contributed by atoms with Crippen molar-refractivity contribution in [1.82, 2.24) is 4.81 Å². The molecule has 0 spiro atoms. The lowest BCUT2D eigenvalue weighted by molar-refractivity contribution is 0.0739. The van der Waals surface area contributed by atoms with Gasteiger partial charge in [0.1, 0.15) is 0 Å². The van der Waals surface area contributed by atoms with Gasteiger partial charge in [0, 0.05) is 13.1 Å². The summed E-state index contributed by atoms with van der Waals surface area (Å²) in [5.74, 6) is 0. The smallest absolute Gasteiger partial charge is 0.379 e. The fraction of sp³-hybridized carbons (Fsp3) is 1.00. The van der Waals surface area contributed by atoms with Crippen molar-refractivity contribution in [1.29, 1.82) is 0 Å². The standard InChI is InChI=1S/C4H10BNO.H4NO3P/c5-6-1-3-7-4-2-6;1-5(2,3)4/h1-5H2;(H4,1,2,3,4). The summed E-state index contributed by atoms with van der Waals surface area (Å²) >= 11 is 0. The fourth-order valence-electron chi connectivity index (χ4n) is 0.655. The number of hydrogen-bond donors (Lipinski definition) is 3. The number of ether oxygens (including phenoxy) is 1. The monoisotopic (exact) mass is 196 g/mol. The third kappa shape index (κ3) is 12.7. The lowest BCUT2D eigenvalue weighted by atomic mass is 10.3. The van der Waals surface area contributed by atoms with Crippen molar-refractivity contribution >= 4 is 15.7 Å². The third-order valence-corrected chi connectivity index (χ3v) is 1.23. The van der Waals surface area contributed by atoms with E-state index in [1.807, 2.05) is 0 Å². The predicted octanol–water partition coefficient (Wildman–Crippen LogP) is -2.10. The minimum atomic E-state index is -4.14. The molecule has 0 bridgehead atoms. The number of rotatable bonds is 0. The average Bonchev–Trinajstić information content (AvgIpc) is 1.85. The van der Waals surface area contributed by atoms with Gasteiger partial charge in [0.25, 0.3) is 0 Å². The first-order valence-corrected chi connectivity index (χ1v) is 5.18. The first-order chi connectivity index (χ1) is 5.39. The second-order valence-electron chi connectivity index (χ2n) is 2.50. The van der Waals surface area contributed by atoms with E-state index in [9.17, 15) is 0 Å². The molecule has 0 unspecified atom stereocenters. The Labute approximate surface area is 72.3 Å². The van der Waals surface area contributed by atoms with E-state index in [0.717, 1.165) is 26.3 Å². The van der Waals surface area contributed by atoms with Gasteiger partial charge in [-0.3, -0.25) is 0 Å². The van der Waals surface area contributed by atoms with Crippen molar-refractivity contribution in [2.45, 2.75) is 0 Å². The van der Waals surface area contributed by atoms with E-state index in [4.69, 9.17) is 19.1 Å². The maximum absolute atomic E-state index is 9.10. The van der Waals surface area contributed by atoms with Crippen LogP contribution in [0.15, 0.2) is 0 Å². The molecule has 12 heavy (non-hydrogen) atoms. The Hall–Kier alpha value is 0.0949. The van der Waals surface area contributed by atoms with Gasteiger partial charge in [0.05, 0.1) is 13.2 Å². The number of morpholine rings is 1. The van der Waals surface area contributed by atoms with E-state index < -0.39 is 7.75 Å². The van der Waals surface area contributed by atoms with Gasteiger partial charge >= 0.3 is 7.75 Å². The van der Waals surface area contributed by atoms with Crippen LogP contribution in [-0.2, 0) is 9.30 Å². The largest absolute Gasteiger partial charge is 0.397 e. The zero-order chi connectivity index (χ0) is 9.61. The van der Waals surface area contributed by atoms with Crippen LogP contribution in [-0.4, -0.2) is 48.9 Å². The second-order valence-corrected chi connectivity index (χ2v) is 3.68. The molecule has 0 aromatic heterocycles. The lowest BCUT2D eigenvalue weighted by Crippen LogP contribution is -2.33. The zero-order valence-corrected chi connectivity index (χ0v) is 7.91. The second kappa shape index (κ2) is 5.69. The van der Waals surface area contributed by atoms with E-state index >= 15 is 0 Å². The molecule has 0 aromatic rings. The van der Waals surface area contributed by atoms with E-state index in [0.29, 0.717) is 0 Å². The van der Waals surface area contributed by atoms with Gasteiger partial charge in [-0.15, -0.1) is 0 Å². The Bertz CT molecular complexity index is 149. The van der Waals surface area contributed by atoms with E-state index in [1.165, 1.54) is 0 Å². The predicted molar refractivity (Wildman–Crippen MR) is 47.2 cm³/mol. The summed E-state index contributed by atoms with van der Waals surface area (Å²) < 4.78 is 14.2. The van der Waals surface area contributed by atoms with E-state index in [1.54, 1.807) is 0 Å². The van der Waals surface area contributed by atoms with Crippen LogP contribution in [0.1, 0.15) is 0 Å². The lowest BCUT2D eigenvalue weighted by Gasteiger charge is -2.21. The molecule has 4 N–H and O–H groups in total. The molecular formula is C4H14BN2O4P. The van der Waals surface area contributed by atoms with Gasteiger partial charge in [0.15, 0.2) is 7.98 Å². The van der Waals surface area contributed by atoms with Gasteiger partial charge < -0.3 is 19.3 Å². The Balaban J connectivity index is 0.000000217. The van der Waals surface area contributed by atoms with Gasteiger partial charge in [-0.1, -0.05) is 0 Å². The molecule has 1 aliphatic rings. The Morgan fingerprint density at radius 3 is 1.92 bits per heavy atom. The Morgan fingerprint density at radius 2 is 1.75 bits per heavy atom. The highest BCUT2D eigenvalue weighted by Crippen LogP contribution is 2.20. The highest BCUT2D eigenvalue weighted by atomic mass is 31.2. The zero-order valence-electron chi connectivity index (χ0n) is 7.01. The quantitative estimate of drug-likeness (QED) is 0.303. The van der Waals surface area contributed by atoms with Crippen LogP contribution in [0, 0.1) is 0 Å². The SMILES string of the molecule is BN1CCOCC1.NP(=O)(O)O. The minimum Gasteiger partial charge on any atom is -0.379 e. The summed E-state index contributed by atoms with van der Waals surface area (Å²) in [5, 5.41) is 0. The molecule has 8 heteroatoms. The molecule has 0 saturated carbocycles. The van der Waals surface area contributed by atoms with Crippen LogP contribution in [0.3, 0.4) is 0 Å². The number of nitrogens with zero attached hydrogens (tertiary/aromatic N) is 1. The first kappa shape index (κ1) is 12.1. The molecular weight excluding hydrogens is 182 g/mol. The normalized spacial score (nSPS) is 19.6. The van der Waals surface area contributed by atoms with Crippen molar-refractivity contribution in [2.24, 2.45) is 5.50 Å². The van der Waals surface area contributed by atoms with Crippen LogP contribution in [0.4, 0.5) is 0 Å². The van der Waals surface area contributed by atoms with Gasteiger partial charge in [-0.05, 0) is 0 Å². The molecule has 0 aromatic carbocycles. The molecule has 0 radical (unpaired) electrons. The minimum absolute atomic E-state index is 0.913. The van der Waals surface area contributed by atoms with Crippen LogP contribution in [0.5, 0.6) is 0 Å². The van der Waals surface area contributed by atoms with Crippen LogP contribution in [0.2, 0.25) is 0 Å². The molecule has 1 saturated heterocycles. The van der Waals surface area contributed by atoms with Gasteiger partial charge in [-0.2, -0.15) is 0 Å². The molecule has 1 rings (SSSR count). The van der Waals surface area contributed by atoms with Gasteiger partial charge in [-0.25, -0.2) is 10.1 Å². The molecule has 0 amide bonds. The first-order valence-electron chi connectivity index (χ1n) is 3.50. The highest BCUT2D eigenvalue weighted by molar-refractivity contribution is 7.49. The molecule has 72 valence electrons. The molecule has 1 heterocycles. The van der Waals surface area contributed by atoms with E-state index in [-0.39, 0.29) is 0 Å². The molecule has 1 fully saturated rings.